The Bertz CT molecular complexity index is 700. The van der Waals surface area contributed by atoms with Crippen molar-refractivity contribution in [3.8, 4) is 17.3 Å². The van der Waals surface area contributed by atoms with Crippen molar-refractivity contribution >= 4 is 17.7 Å². The number of hydrogen-bond acceptors (Lipinski definition) is 5. The Balaban J connectivity index is 1.65. The summed E-state index contributed by atoms with van der Waals surface area (Å²) in [5.74, 6) is 1.32. The number of benzene rings is 1. The summed E-state index contributed by atoms with van der Waals surface area (Å²) in [5, 5.41) is 20.1. The van der Waals surface area contributed by atoms with Crippen molar-refractivity contribution in [2.24, 2.45) is 0 Å². The van der Waals surface area contributed by atoms with E-state index in [1.807, 2.05) is 30.3 Å². The van der Waals surface area contributed by atoms with Crippen LogP contribution in [0.3, 0.4) is 0 Å². The van der Waals surface area contributed by atoms with Crippen LogP contribution in [-0.4, -0.2) is 37.9 Å². The highest BCUT2D eigenvalue weighted by Crippen LogP contribution is 2.27. The summed E-state index contributed by atoms with van der Waals surface area (Å²) < 4.78 is 1.49. The third kappa shape index (κ3) is 3.12. The van der Waals surface area contributed by atoms with Gasteiger partial charge in [-0.2, -0.15) is 17.0 Å². The molecule has 1 aromatic heterocycles. The van der Waals surface area contributed by atoms with Crippen LogP contribution in [0.2, 0.25) is 0 Å². The molecule has 22 heavy (non-hydrogen) atoms. The predicted molar refractivity (Wildman–Crippen MR) is 83.9 cm³/mol. The van der Waals surface area contributed by atoms with Crippen LogP contribution in [0.15, 0.2) is 36.5 Å². The molecule has 1 saturated heterocycles. The van der Waals surface area contributed by atoms with E-state index in [9.17, 15) is 10.1 Å². The van der Waals surface area contributed by atoms with Gasteiger partial charge in [0.15, 0.2) is 0 Å². The molecule has 0 bridgehead atoms. The first-order valence-electron chi connectivity index (χ1n) is 6.96. The first-order valence-corrected chi connectivity index (χ1v) is 8.12. The second kappa shape index (κ2) is 6.20. The molecule has 0 saturated carbocycles. The maximum Gasteiger partial charge on any atom is 0.243 e. The van der Waals surface area contributed by atoms with Gasteiger partial charge < -0.3 is 5.32 Å². The fraction of sp³-hybridized carbons (Fsp3) is 0.333. The van der Waals surface area contributed by atoms with E-state index in [0.717, 1.165) is 17.0 Å². The van der Waals surface area contributed by atoms with Crippen molar-refractivity contribution in [2.45, 2.75) is 18.5 Å². The molecule has 1 atom stereocenters. The molecular weight excluding hydrogens is 298 g/mol. The summed E-state index contributed by atoms with van der Waals surface area (Å²) in [6, 6.07) is 11.9. The number of amides is 1. The standard InChI is InChI=1S/C15H15N5OS/c16-10-15(6-7-22-11-15)17-14(21)9-20-8-13(18-19-20)12-4-2-1-3-5-12/h1-5,8H,6-7,9,11H2,(H,17,21). The van der Waals surface area contributed by atoms with Crippen LogP contribution in [-0.2, 0) is 11.3 Å². The molecule has 1 unspecified atom stereocenters. The highest BCUT2D eigenvalue weighted by Gasteiger charge is 2.36. The van der Waals surface area contributed by atoms with Gasteiger partial charge in [0.1, 0.15) is 17.8 Å². The minimum atomic E-state index is -0.732. The number of nitrogens with one attached hydrogen (secondary N) is 1. The smallest absolute Gasteiger partial charge is 0.243 e. The fourth-order valence-electron chi connectivity index (χ4n) is 2.35. The van der Waals surface area contributed by atoms with Gasteiger partial charge in [-0.3, -0.25) is 4.79 Å². The van der Waals surface area contributed by atoms with Gasteiger partial charge in [-0.05, 0) is 12.2 Å². The molecule has 0 radical (unpaired) electrons. The molecule has 6 nitrogen and oxygen atoms in total. The molecule has 2 heterocycles. The molecule has 1 aliphatic rings. The van der Waals surface area contributed by atoms with Gasteiger partial charge >= 0.3 is 0 Å². The first kappa shape index (κ1) is 14.6. The quantitative estimate of drug-likeness (QED) is 0.924. The lowest BCUT2D eigenvalue weighted by molar-refractivity contribution is -0.123. The summed E-state index contributed by atoms with van der Waals surface area (Å²) in [5.41, 5.74) is 0.944. The van der Waals surface area contributed by atoms with Crippen molar-refractivity contribution in [1.82, 2.24) is 20.3 Å². The summed E-state index contributed by atoms with van der Waals surface area (Å²) >= 11 is 1.68. The topological polar surface area (TPSA) is 83.6 Å². The zero-order valence-corrected chi connectivity index (χ0v) is 12.7. The van der Waals surface area contributed by atoms with E-state index in [2.05, 4.69) is 21.7 Å². The van der Waals surface area contributed by atoms with Crippen LogP contribution >= 0.6 is 11.8 Å². The van der Waals surface area contributed by atoms with E-state index in [4.69, 9.17) is 0 Å². The lowest BCUT2D eigenvalue weighted by Crippen LogP contribution is -2.48. The molecule has 1 aromatic carbocycles. The van der Waals surface area contributed by atoms with Crippen LogP contribution in [0.25, 0.3) is 11.3 Å². The minimum absolute atomic E-state index is 0.0634. The predicted octanol–water partition coefficient (Wildman–Crippen LogP) is 1.46. The number of hydrogen-bond donors (Lipinski definition) is 1. The average molecular weight is 313 g/mol. The van der Waals surface area contributed by atoms with E-state index in [1.54, 1.807) is 18.0 Å². The molecule has 1 fully saturated rings. The Labute approximate surface area is 132 Å². The van der Waals surface area contributed by atoms with E-state index in [0.29, 0.717) is 12.2 Å². The third-order valence-electron chi connectivity index (χ3n) is 3.53. The minimum Gasteiger partial charge on any atom is -0.335 e. The lowest BCUT2D eigenvalue weighted by Gasteiger charge is -2.20. The summed E-state index contributed by atoms with van der Waals surface area (Å²) in [6.45, 7) is 0.0634. The average Bonchev–Trinajstić information content (AvgIpc) is 3.18. The third-order valence-corrected chi connectivity index (χ3v) is 4.72. The molecule has 0 spiro atoms. The van der Waals surface area contributed by atoms with E-state index >= 15 is 0 Å². The van der Waals surface area contributed by atoms with Crippen molar-refractivity contribution in [2.75, 3.05) is 11.5 Å². The second-order valence-corrected chi connectivity index (χ2v) is 6.32. The number of carbonyl (C=O) groups excluding carboxylic acids is 1. The van der Waals surface area contributed by atoms with Gasteiger partial charge in [-0.25, -0.2) is 4.68 Å². The molecular formula is C15H15N5OS. The largest absolute Gasteiger partial charge is 0.335 e. The Hall–Kier alpha value is -2.33. The van der Waals surface area contributed by atoms with Crippen molar-refractivity contribution in [3.05, 3.63) is 36.5 Å². The number of rotatable bonds is 4. The summed E-state index contributed by atoms with van der Waals surface area (Å²) in [6.07, 6.45) is 2.42. The lowest BCUT2D eigenvalue weighted by atomic mass is 10.0. The summed E-state index contributed by atoms with van der Waals surface area (Å²) in [7, 11) is 0. The fourth-order valence-corrected chi connectivity index (χ4v) is 3.62. The Morgan fingerprint density at radius 1 is 1.45 bits per heavy atom. The van der Waals surface area contributed by atoms with E-state index < -0.39 is 5.54 Å². The number of nitriles is 1. The highest BCUT2D eigenvalue weighted by molar-refractivity contribution is 7.99. The molecule has 0 aliphatic carbocycles. The molecule has 1 N–H and O–H groups in total. The zero-order valence-electron chi connectivity index (χ0n) is 11.9. The van der Waals surface area contributed by atoms with Gasteiger partial charge in [-0.1, -0.05) is 35.5 Å². The Kier molecular flexibility index (Phi) is 4.11. The highest BCUT2D eigenvalue weighted by atomic mass is 32.2. The van der Waals surface area contributed by atoms with Gasteiger partial charge in [0.2, 0.25) is 5.91 Å². The van der Waals surface area contributed by atoms with Crippen LogP contribution in [0.4, 0.5) is 0 Å². The monoisotopic (exact) mass is 313 g/mol. The normalized spacial score (nSPS) is 20.5. The number of aromatic nitrogens is 3. The maximum atomic E-state index is 12.1. The number of nitrogens with zero attached hydrogens (tertiary/aromatic N) is 4. The zero-order chi connectivity index (χ0) is 15.4. The van der Waals surface area contributed by atoms with Crippen molar-refractivity contribution in [3.63, 3.8) is 0 Å². The van der Waals surface area contributed by atoms with Crippen LogP contribution in [0, 0.1) is 11.3 Å². The molecule has 1 amide bonds. The Morgan fingerprint density at radius 3 is 2.95 bits per heavy atom. The maximum absolute atomic E-state index is 12.1. The molecule has 7 heteroatoms. The van der Waals surface area contributed by atoms with Crippen LogP contribution in [0.1, 0.15) is 6.42 Å². The van der Waals surface area contributed by atoms with Crippen molar-refractivity contribution in [1.29, 1.82) is 5.26 Å². The number of carbonyl (C=O) groups is 1. The SMILES string of the molecule is N#CC1(NC(=O)Cn2cc(-c3ccccc3)nn2)CCSC1. The van der Waals surface area contributed by atoms with Crippen LogP contribution in [0.5, 0.6) is 0 Å². The summed E-state index contributed by atoms with van der Waals surface area (Å²) in [4.78, 5) is 12.1. The first-order chi connectivity index (χ1) is 10.7. The number of thioether (sulfide) groups is 1. The van der Waals surface area contributed by atoms with E-state index in [-0.39, 0.29) is 12.5 Å². The van der Waals surface area contributed by atoms with Crippen LogP contribution < -0.4 is 5.32 Å². The van der Waals surface area contributed by atoms with Gasteiger partial charge in [0.25, 0.3) is 0 Å². The molecule has 3 rings (SSSR count). The Morgan fingerprint density at radius 2 is 2.27 bits per heavy atom. The molecule has 1 aliphatic heterocycles. The van der Waals surface area contributed by atoms with Crippen molar-refractivity contribution < 1.29 is 4.79 Å². The molecule has 2 aromatic rings. The van der Waals surface area contributed by atoms with Gasteiger partial charge in [0, 0.05) is 11.3 Å². The van der Waals surface area contributed by atoms with E-state index in [1.165, 1.54) is 4.68 Å². The second-order valence-electron chi connectivity index (χ2n) is 5.21. The van der Waals surface area contributed by atoms with Gasteiger partial charge in [-0.15, -0.1) is 5.10 Å². The molecule has 112 valence electrons. The van der Waals surface area contributed by atoms with Gasteiger partial charge in [0.05, 0.1) is 12.3 Å².